The lowest BCUT2D eigenvalue weighted by Crippen LogP contribution is -2.29. The lowest BCUT2D eigenvalue weighted by molar-refractivity contribution is 0.321. The molecule has 0 spiro atoms. The monoisotopic (exact) mass is 253 g/mol. The fourth-order valence-corrected chi connectivity index (χ4v) is 3.32. The van der Waals surface area contributed by atoms with Crippen LogP contribution in [-0.2, 0) is 6.54 Å². The van der Waals surface area contributed by atoms with Crippen LogP contribution < -0.4 is 10.6 Å². The molecular weight excluding hydrogens is 230 g/mol. The van der Waals surface area contributed by atoms with Gasteiger partial charge >= 0.3 is 0 Å². The average Bonchev–Trinajstić information content (AvgIpc) is 2.67. The zero-order valence-electron chi connectivity index (χ0n) is 11.1. The number of hydrogen-bond acceptors (Lipinski definition) is 4. The Labute approximate surface area is 108 Å². The van der Waals surface area contributed by atoms with Crippen LogP contribution in [-0.4, -0.2) is 18.6 Å². The van der Waals surface area contributed by atoms with Gasteiger partial charge in [-0.2, -0.15) is 0 Å². The Morgan fingerprint density at radius 3 is 2.59 bits per heavy atom. The lowest BCUT2D eigenvalue weighted by Gasteiger charge is -2.29. The summed E-state index contributed by atoms with van der Waals surface area (Å²) in [5, 5.41) is 1.14. The van der Waals surface area contributed by atoms with Crippen LogP contribution in [0.3, 0.4) is 0 Å². The molecule has 2 N–H and O–H groups in total. The van der Waals surface area contributed by atoms with E-state index in [0.717, 1.165) is 17.6 Å². The maximum atomic E-state index is 5.79. The molecule has 1 saturated carbocycles. The van der Waals surface area contributed by atoms with Crippen molar-refractivity contribution in [1.29, 1.82) is 0 Å². The van der Waals surface area contributed by atoms with Gasteiger partial charge in [0.25, 0.3) is 0 Å². The zero-order valence-corrected chi connectivity index (χ0v) is 11.9. The number of nitrogens with two attached hydrogens (primary N) is 1. The largest absolute Gasteiger partial charge is 0.351 e. The molecule has 0 unspecified atom stereocenters. The van der Waals surface area contributed by atoms with E-state index in [2.05, 4.69) is 25.8 Å². The molecule has 0 aliphatic heterocycles. The van der Waals surface area contributed by atoms with Crippen molar-refractivity contribution in [3.63, 3.8) is 0 Å². The van der Waals surface area contributed by atoms with E-state index in [1.54, 1.807) is 11.3 Å². The van der Waals surface area contributed by atoms with Gasteiger partial charge in [-0.05, 0) is 24.7 Å². The Hall–Kier alpha value is -0.610. The van der Waals surface area contributed by atoms with Crippen LogP contribution in [0.2, 0.25) is 0 Å². The van der Waals surface area contributed by atoms with Crippen LogP contribution in [0.5, 0.6) is 0 Å². The first-order chi connectivity index (χ1) is 8.11. The van der Waals surface area contributed by atoms with Crippen molar-refractivity contribution >= 4 is 16.5 Å². The summed E-state index contributed by atoms with van der Waals surface area (Å²) >= 11 is 1.76. The first-order valence-electron chi connectivity index (χ1n) is 6.52. The molecule has 1 aromatic rings. The van der Waals surface area contributed by atoms with Gasteiger partial charge in [0, 0.05) is 25.0 Å². The molecule has 0 aromatic carbocycles. The van der Waals surface area contributed by atoms with E-state index < -0.39 is 0 Å². The van der Waals surface area contributed by atoms with Gasteiger partial charge in [0.2, 0.25) is 0 Å². The van der Waals surface area contributed by atoms with Gasteiger partial charge in [-0.3, -0.25) is 0 Å². The average molecular weight is 253 g/mol. The highest BCUT2D eigenvalue weighted by Gasteiger charge is 2.21. The lowest BCUT2D eigenvalue weighted by atomic mass is 9.85. The maximum absolute atomic E-state index is 5.79. The van der Waals surface area contributed by atoms with Gasteiger partial charge in [-0.1, -0.05) is 20.3 Å². The summed E-state index contributed by atoms with van der Waals surface area (Å²) < 4.78 is 0. The highest BCUT2D eigenvalue weighted by molar-refractivity contribution is 7.15. The minimum atomic E-state index is 0.468. The minimum absolute atomic E-state index is 0.468. The van der Waals surface area contributed by atoms with Crippen molar-refractivity contribution in [1.82, 2.24) is 4.98 Å². The number of aromatic nitrogens is 1. The van der Waals surface area contributed by atoms with E-state index in [-0.39, 0.29) is 0 Å². The molecule has 0 saturated heterocycles. The van der Waals surface area contributed by atoms with Crippen molar-refractivity contribution in [3.8, 4) is 0 Å². The van der Waals surface area contributed by atoms with E-state index in [1.165, 1.54) is 29.8 Å². The second-order valence-corrected chi connectivity index (χ2v) is 6.40. The third kappa shape index (κ3) is 2.80. The van der Waals surface area contributed by atoms with Crippen LogP contribution in [0.25, 0.3) is 0 Å². The standard InChI is InChI=1S/C13H23N3S/c1-9(2)12-11(7-14)17-13(15-12)16(3)8-10-5-4-6-10/h9-10H,4-8,14H2,1-3H3. The number of hydrogen-bond donors (Lipinski definition) is 1. The quantitative estimate of drug-likeness (QED) is 0.877. The van der Waals surface area contributed by atoms with Crippen LogP contribution in [0.1, 0.15) is 49.6 Å². The van der Waals surface area contributed by atoms with Crippen LogP contribution in [0.4, 0.5) is 5.13 Å². The highest BCUT2D eigenvalue weighted by atomic mass is 32.1. The number of thiazole rings is 1. The third-order valence-corrected chi connectivity index (χ3v) is 4.74. The van der Waals surface area contributed by atoms with E-state index in [9.17, 15) is 0 Å². The molecule has 96 valence electrons. The normalized spacial score (nSPS) is 16.3. The number of rotatable bonds is 5. The van der Waals surface area contributed by atoms with Crippen LogP contribution in [0, 0.1) is 5.92 Å². The SMILES string of the molecule is CC(C)c1nc(N(C)CC2CCC2)sc1CN. The van der Waals surface area contributed by atoms with Crippen molar-refractivity contribution in [2.75, 3.05) is 18.5 Å². The molecule has 3 nitrogen and oxygen atoms in total. The smallest absolute Gasteiger partial charge is 0.185 e. The van der Waals surface area contributed by atoms with E-state index in [1.807, 2.05) is 0 Å². The summed E-state index contributed by atoms with van der Waals surface area (Å²) in [6, 6.07) is 0. The molecule has 1 aliphatic carbocycles. The fraction of sp³-hybridized carbons (Fsp3) is 0.769. The Morgan fingerprint density at radius 2 is 2.18 bits per heavy atom. The fourth-order valence-electron chi connectivity index (χ4n) is 2.25. The molecule has 0 atom stereocenters. The topological polar surface area (TPSA) is 42.2 Å². The van der Waals surface area contributed by atoms with Crippen LogP contribution >= 0.6 is 11.3 Å². The molecule has 1 aliphatic rings. The van der Waals surface area contributed by atoms with Gasteiger partial charge in [-0.25, -0.2) is 4.98 Å². The Kier molecular flexibility index (Phi) is 4.05. The van der Waals surface area contributed by atoms with E-state index in [4.69, 9.17) is 10.7 Å². The first kappa shape index (κ1) is 12.8. The third-order valence-electron chi connectivity index (χ3n) is 3.53. The molecule has 0 bridgehead atoms. The maximum Gasteiger partial charge on any atom is 0.185 e. The molecule has 0 amide bonds. The molecule has 4 heteroatoms. The molecule has 2 rings (SSSR count). The van der Waals surface area contributed by atoms with Crippen molar-refractivity contribution < 1.29 is 0 Å². The van der Waals surface area contributed by atoms with Crippen LogP contribution in [0.15, 0.2) is 0 Å². The predicted molar refractivity (Wildman–Crippen MR) is 74.7 cm³/mol. The molecule has 1 heterocycles. The summed E-state index contributed by atoms with van der Waals surface area (Å²) in [6.45, 7) is 6.13. The Morgan fingerprint density at radius 1 is 1.47 bits per heavy atom. The molecule has 0 radical (unpaired) electrons. The zero-order chi connectivity index (χ0) is 12.4. The van der Waals surface area contributed by atoms with Crippen molar-refractivity contribution in [2.45, 2.75) is 45.6 Å². The van der Waals surface area contributed by atoms with Gasteiger partial charge in [0.1, 0.15) is 0 Å². The second kappa shape index (κ2) is 5.36. The van der Waals surface area contributed by atoms with Gasteiger partial charge in [0.15, 0.2) is 5.13 Å². The summed E-state index contributed by atoms with van der Waals surface area (Å²) in [4.78, 5) is 8.31. The molecule has 17 heavy (non-hydrogen) atoms. The highest BCUT2D eigenvalue weighted by Crippen LogP contribution is 2.32. The Bertz CT molecular complexity index is 369. The van der Waals surface area contributed by atoms with E-state index >= 15 is 0 Å². The summed E-state index contributed by atoms with van der Waals surface area (Å²) in [7, 11) is 2.15. The van der Waals surface area contributed by atoms with Gasteiger partial charge < -0.3 is 10.6 Å². The number of anilines is 1. The van der Waals surface area contributed by atoms with Crippen molar-refractivity contribution in [3.05, 3.63) is 10.6 Å². The molecule has 1 fully saturated rings. The van der Waals surface area contributed by atoms with E-state index in [0.29, 0.717) is 12.5 Å². The second-order valence-electron chi connectivity index (χ2n) is 5.34. The Balaban J connectivity index is 2.08. The molecule has 1 aromatic heterocycles. The van der Waals surface area contributed by atoms with Crippen molar-refractivity contribution in [2.24, 2.45) is 11.7 Å². The summed E-state index contributed by atoms with van der Waals surface area (Å²) in [5.74, 6) is 1.35. The number of nitrogens with zero attached hydrogens (tertiary/aromatic N) is 2. The predicted octanol–water partition coefficient (Wildman–Crippen LogP) is 2.96. The minimum Gasteiger partial charge on any atom is -0.351 e. The van der Waals surface area contributed by atoms with Gasteiger partial charge in [0.05, 0.1) is 5.69 Å². The molecular formula is C13H23N3S. The summed E-state index contributed by atoms with van der Waals surface area (Å²) in [6.07, 6.45) is 4.18. The van der Waals surface area contributed by atoms with Gasteiger partial charge in [-0.15, -0.1) is 11.3 Å². The first-order valence-corrected chi connectivity index (χ1v) is 7.34. The summed E-state index contributed by atoms with van der Waals surface area (Å²) in [5.41, 5.74) is 6.98.